The minimum atomic E-state index is -0.602. The molecule has 76 valence electrons. The summed E-state index contributed by atoms with van der Waals surface area (Å²) in [5, 5.41) is 13.0. The maximum absolute atomic E-state index is 11.0. The van der Waals surface area contributed by atoms with Gasteiger partial charge in [0.25, 0.3) is 0 Å². The summed E-state index contributed by atoms with van der Waals surface area (Å²) in [5.74, 6) is 0. The van der Waals surface area contributed by atoms with Crippen LogP contribution in [0.5, 0.6) is 0 Å². The van der Waals surface area contributed by atoms with Crippen LogP contribution in [0, 0.1) is 0 Å². The van der Waals surface area contributed by atoms with Crippen molar-refractivity contribution in [3.8, 4) is 0 Å². The number of nitrogens with zero attached hydrogens (tertiary/aromatic N) is 1. The van der Waals surface area contributed by atoms with Crippen LogP contribution in [0.15, 0.2) is 5.16 Å². The fourth-order valence-corrected chi connectivity index (χ4v) is 0.561. The van der Waals surface area contributed by atoms with Crippen LogP contribution < -0.4 is 5.32 Å². The molecule has 0 saturated heterocycles. The van der Waals surface area contributed by atoms with Crippen molar-refractivity contribution in [1.29, 1.82) is 0 Å². The SMILES string of the molecule is CC(C)(C)OC(=O)NC/C(Cl)=N/O. The predicted octanol–water partition coefficient (Wildman–Crippen LogP) is 1.54. The quantitative estimate of drug-likeness (QED) is 0.411. The lowest BCUT2D eigenvalue weighted by Gasteiger charge is -2.19. The Morgan fingerprint density at radius 1 is 1.62 bits per heavy atom. The zero-order chi connectivity index (χ0) is 10.5. The second-order valence-electron chi connectivity index (χ2n) is 3.33. The number of carbonyl (C=O) groups is 1. The molecule has 0 unspecified atom stereocenters. The molecule has 5 nitrogen and oxygen atoms in total. The largest absolute Gasteiger partial charge is 0.444 e. The second kappa shape index (κ2) is 4.91. The number of alkyl carbamates (subject to hydrolysis) is 1. The molecule has 13 heavy (non-hydrogen) atoms. The molecular weight excluding hydrogens is 196 g/mol. The molecule has 0 radical (unpaired) electrons. The standard InChI is InChI=1S/C7H13ClN2O3/c1-7(2,3)13-6(11)9-4-5(8)10-12/h12H,4H2,1-3H3,(H,9,11)/b10-5-. The van der Waals surface area contributed by atoms with Crippen LogP contribution in [-0.4, -0.2) is 28.6 Å². The van der Waals surface area contributed by atoms with Gasteiger partial charge in [0.05, 0.1) is 6.54 Å². The van der Waals surface area contributed by atoms with Crippen molar-refractivity contribution in [1.82, 2.24) is 5.32 Å². The number of hydrogen-bond acceptors (Lipinski definition) is 4. The molecule has 0 aliphatic carbocycles. The van der Waals surface area contributed by atoms with Crippen LogP contribution in [0.2, 0.25) is 0 Å². The number of hydrogen-bond donors (Lipinski definition) is 2. The van der Waals surface area contributed by atoms with E-state index in [0.29, 0.717) is 0 Å². The van der Waals surface area contributed by atoms with E-state index in [-0.39, 0.29) is 11.7 Å². The van der Waals surface area contributed by atoms with E-state index in [0.717, 1.165) is 0 Å². The first kappa shape index (κ1) is 12.0. The summed E-state index contributed by atoms with van der Waals surface area (Å²) in [7, 11) is 0. The molecule has 0 aromatic heterocycles. The van der Waals surface area contributed by atoms with E-state index >= 15 is 0 Å². The molecule has 0 saturated carbocycles. The van der Waals surface area contributed by atoms with Gasteiger partial charge in [-0.2, -0.15) is 0 Å². The molecule has 0 heterocycles. The fraction of sp³-hybridized carbons (Fsp3) is 0.714. The average molecular weight is 209 g/mol. The Morgan fingerprint density at radius 2 is 2.15 bits per heavy atom. The van der Waals surface area contributed by atoms with E-state index in [9.17, 15) is 4.79 Å². The minimum Gasteiger partial charge on any atom is -0.444 e. The highest BCUT2D eigenvalue weighted by atomic mass is 35.5. The van der Waals surface area contributed by atoms with Gasteiger partial charge in [0.1, 0.15) is 5.60 Å². The summed E-state index contributed by atoms with van der Waals surface area (Å²) >= 11 is 5.31. The van der Waals surface area contributed by atoms with E-state index in [1.807, 2.05) is 0 Å². The van der Waals surface area contributed by atoms with Crippen LogP contribution in [0.3, 0.4) is 0 Å². The molecule has 0 aliphatic heterocycles. The Morgan fingerprint density at radius 3 is 2.54 bits per heavy atom. The lowest BCUT2D eigenvalue weighted by atomic mass is 10.2. The smallest absolute Gasteiger partial charge is 0.408 e. The summed E-state index contributed by atoms with van der Waals surface area (Å²) in [4.78, 5) is 11.0. The zero-order valence-corrected chi connectivity index (χ0v) is 8.55. The molecule has 0 bridgehead atoms. The Bertz CT molecular complexity index is 210. The highest BCUT2D eigenvalue weighted by Crippen LogP contribution is 2.06. The van der Waals surface area contributed by atoms with Crippen LogP contribution in [-0.2, 0) is 4.74 Å². The number of halogens is 1. The van der Waals surface area contributed by atoms with Crippen molar-refractivity contribution >= 4 is 22.9 Å². The maximum Gasteiger partial charge on any atom is 0.408 e. The third-order valence-electron chi connectivity index (χ3n) is 0.886. The number of carbonyl (C=O) groups excluding carboxylic acids is 1. The van der Waals surface area contributed by atoms with Gasteiger partial charge in [-0.15, -0.1) is 0 Å². The van der Waals surface area contributed by atoms with Crippen molar-refractivity contribution in [3.63, 3.8) is 0 Å². The monoisotopic (exact) mass is 208 g/mol. The molecule has 0 rings (SSSR count). The van der Waals surface area contributed by atoms with Gasteiger partial charge in [0.15, 0.2) is 5.17 Å². The summed E-state index contributed by atoms with van der Waals surface area (Å²) in [6.07, 6.45) is -0.602. The van der Waals surface area contributed by atoms with Gasteiger partial charge in [0, 0.05) is 0 Å². The molecule has 0 aliphatic rings. The van der Waals surface area contributed by atoms with Gasteiger partial charge < -0.3 is 15.3 Å². The van der Waals surface area contributed by atoms with Gasteiger partial charge in [0.2, 0.25) is 0 Å². The lowest BCUT2D eigenvalue weighted by molar-refractivity contribution is 0.0536. The van der Waals surface area contributed by atoms with Gasteiger partial charge >= 0.3 is 6.09 Å². The third kappa shape index (κ3) is 7.39. The summed E-state index contributed by atoms with van der Waals surface area (Å²) in [5.41, 5.74) is -0.549. The maximum atomic E-state index is 11.0. The Kier molecular flexibility index (Phi) is 4.55. The molecule has 0 aromatic rings. The fourth-order valence-electron chi connectivity index (χ4n) is 0.495. The average Bonchev–Trinajstić information content (AvgIpc) is 1.97. The van der Waals surface area contributed by atoms with Gasteiger partial charge in [-0.05, 0) is 20.8 Å². The van der Waals surface area contributed by atoms with Crippen molar-refractivity contribution in [2.45, 2.75) is 26.4 Å². The number of ether oxygens (including phenoxy) is 1. The van der Waals surface area contributed by atoms with Gasteiger partial charge in [-0.3, -0.25) is 0 Å². The van der Waals surface area contributed by atoms with Crippen molar-refractivity contribution in [3.05, 3.63) is 0 Å². The Balaban J connectivity index is 3.77. The molecular formula is C7H13ClN2O3. The van der Waals surface area contributed by atoms with Gasteiger partial charge in [-0.25, -0.2) is 4.79 Å². The first-order chi connectivity index (χ1) is 5.85. The molecule has 1 amide bonds. The molecule has 2 N–H and O–H groups in total. The van der Waals surface area contributed by atoms with E-state index in [1.165, 1.54) is 0 Å². The van der Waals surface area contributed by atoms with Crippen LogP contribution in [0.25, 0.3) is 0 Å². The molecule has 0 aromatic carbocycles. The lowest BCUT2D eigenvalue weighted by Crippen LogP contribution is -2.34. The first-order valence-corrected chi connectivity index (χ1v) is 4.06. The number of amides is 1. The highest BCUT2D eigenvalue weighted by molar-refractivity contribution is 6.65. The minimum absolute atomic E-state index is 0.0486. The first-order valence-electron chi connectivity index (χ1n) is 3.68. The van der Waals surface area contributed by atoms with E-state index in [2.05, 4.69) is 10.5 Å². The summed E-state index contributed by atoms with van der Waals surface area (Å²) in [6.45, 7) is 5.18. The highest BCUT2D eigenvalue weighted by Gasteiger charge is 2.15. The Labute approximate surface area is 81.7 Å². The Hall–Kier alpha value is -0.970. The third-order valence-corrected chi connectivity index (χ3v) is 1.10. The van der Waals surface area contributed by atoms with E-state index < -0.39 is 11.7 Å². The predicted molar refractivity (Wildman–Crippen MR) is 49.3 cm³/mol. The molecule has 0 atom stereocenters. The number of nitrogens with one attached hydrogen (secondary N) is 1. The van der Waals surface area contributed by atoms with Crippen molar-refractivity contribution < 1.29 is 14.7 Å². The van der Waals surface area contributed by atoms with Crippen molar-refractivity contribution in [2.24, 2.45) is 5.16 Å². The van der Waals surface area contributed by atoms with Gasteiger partial charge in [-0.1, -0.05) is 16.8 Å². The van der Waals surface area contributed by atoms with Crippen LogP contribution in [0.4, 0.5) is 4.79 Å². The van der Waals surface area contributed by atoms with Crippen LogP contribution >= 0.6 is 11.6 Å². The number of oxime groups is 1. The second-order valence-corrected chi connectivity index (χ2v) is 3.77. The molecule has 6 heteroatoms. The topological polar surface area (TPSA) is 70.9 Å². The van der Waals surface area contributed by atoms with E-state index in [1.54, 1.807) is 20.8 Å². The van der Waals surface area contributed by atoms with E-state index in [4.69, 9.17) is 21.5 Å². The molecule has 0 spiro atoms. The normalized spacial score (nSPS) is 12.5. The summed E-state index contributed by atoms with van der Waals surface area (Å²) in [6, 6.07) is 0. The molecule has 0 fully saturated rings. The number of rotatable bonds is 2. The van der Waals surface area contributed by atoms with Crippen LogP contribution in [0.1, 0.15) is 20.8 Å². The summed E-state index contributed by atoms with van der Waals surface area (Å²) < 4.78 is 4.89. The zero-order valence-electron chi connectivity index (χ0n) is 7.80. The van der Waals surface area contributed by atoms with Crippen molar-refractivity contribution in [2.75, 3.05) is 6.54 Å².